The Labute approximate surface area is 201 Å². The highest BCUT2D eigenvalue weighted by Crippen LogP contribution is 2.34. The van der Waals surface area contributed by atoms with E-state index in [4.69, 9.17) is 31.1 Å². The van der Waals surface area contributed by atoms with Crippen LogP contribution in [0.3, 0.4) is 0 Å². The van der Waals surface area contributed by atoms with Crippen LogP contribution in [0.5, 0.6) is 11.5 Å². The lowest BCUT2D eigenvalue weighted by Gasteiger charge is -2.11. The Morgan fingerprint density at radius 3 is 2.33 bits per heavy atom. The Bertz CT molecular complexity index is 1220. The van der Waals surface area contributed by atoms with Gasteiger partial charge in [0.1, 0.15) is 11.5 Å². The van der Waals surface area contributed by atoms with Crippen LogP contribution in [-0.2, 0) is 4.79 Å². The van der Waals surface area contributed by atoms with Crippen LogP contribution in [0.15, 0.2) is 76.7 Å². The van der Waals surface area contributed by atoms with Gasteiger partial charge in [-0.3, -0.25) is 9.79 Å². The second kappa shape index (κ2) is 10.6. The van der Waals surface area contributed by atoms with Crippen LogP contribution in [0, 0.1) is 0 Å². The Morgan fingerprint density at radius 2 is 1.67 bits per heavy atom. The number of aliphatic imine (C=N–C) groups is 2. The van der Waals surface area contributed by atoms with Gasteiger partial charge < -0.3 is 14.8 Å². The van der Waals surface area contributed by atoms with Crippen molar-refractivity contribution in [3.63, 3.8) is 0 Å². The zero-order chi connectivity index (χ0) is 23.2. The van der Waals surface area contributed by atoms with Crippen LogP contribution < -0.4 is 14.8 Å². The fraction of sp³-hybridized carbons (Fsp3) is 0.160. The summed E-state index contributed by atoms with van der Waals surface area (Å²) in [5.74, 6) is 1.24. The van der Waals surface area contributed by atoms with Gasteiger partial charge in [-0.2, -0.15) is 0 Å². The molecule has 0 aromatic heterocycles. The van der Waals surface area contributed by atoms with Gasteiger partial charge in [0, 0.05) is 35.3 Å². The molecule has 0 saturated heterocycles. The molecule has 1 amide bonds. The van der Waals surface area contributed by atoms with Gasteiger partial charge in [0.25, 0.3) is 0 Å². The SMILES string of the molecule is COc1cc(NC(=O)CSC2=Nc3ccccc3N=C(c3cccc(Cl)c3)C2)cc(OC)c1. The summed E-state index contributed by atoms with van der Waals surface area (Å²) in [6.07, 6.45) is 0.500. The van der Waals surface area contributed by atoms with Crippen LogP contribution in [0.25, 0.3) is 0 Å². The second-order valence-corrected chi connectivity index (χ2v) is 8.66. The number of nitrogens with zero attached hydrogens (tertiary/aromatic N) is 2. The van der Waals surface area contributed by atoms with Crippen LogP contribution in [-0.4, -0.2) is 36.6 Å². The molecule has 3 aromatic carbocycles. The topological polar surface area (TPSA) is 72.3 Å². The fourth-order valence-electron chi connectivity index (χ4n) is 3.30. The largest absolute Gasteiger partial charge is 0.497 e. The van der Waals surface area contributed by atoms with Gasteiger partial charge in [-0.15, -0.1) is 11.8 Å². The van der Waals surface area contributed by atoms with E-state index in [1.54, 1.807) is 32.4 Å². The van der Waals surface area contributed by atoms with Crippen molar-refractivity contribution in [3.8, 4) is 11.5 Å². The minimum atomic E-state index is -0.156. The Balaban J connectivity index is 1.51. The van der Waals surface area contributed by atoms with E-state index in [1.165, 1.54) is 11.8 Å². The van der Waals surface area contributed by atoms with Gasteiger partial charge in [0.2, 0.25) is 5.91 Å². The van der Waals surface area contributed by atoms with Gasteiger partial charge in [-0.05, 0) is 29.8 Å². The summed E-state index contributed by atoms with van der Waals surface area (Å²) >= 11 is 7.59. The number of amides is 1. The number of rotatable bonds is 6. The summed E-state index contributed by atoms with van der Waals surface area (Å²) in [7, 11) is 3.13. The third-order valence-electron chi connectivity index (χ3n) is 4.86. The number of anilines is 1. The maximum Gasteiger partial charge on any atom is 0.234 e. The van der Waals surface area contributed by atoms with Crippen molar-refractivity contribution in [1.29, 1.82) is 0 Å². The minimum Gasteiger partial charge on any atom is -0.497 e. The maximum absolute atomic E-state index is 12.7. The minimum absolute atomic E-state index is 0.156. The normalized spacial score (nSPS) is 12.7. The number of carbonyl (C=O) groups is 1. The summed E-state index contributed by atoms with van der Waals surface area (Å²) < 4.78 is 10.5. The third kappa shape index (κ3) is 5.94. The number of halogens is 1. The number of benzene rings is 3. The van der Waals surface area contributed by atoms with Gasteiger partial charge in [-0.25, -0.2) is 4.99 Å². The number of carbonyl (C=O) groups excluding carboxylic acids is 1. The summed E-state index contributed by atoms with van der Waals surface area (Å²) in [6, 6.07) is 20.5. The standard InChI is InChI=1S/C25H22ClN3O3S/c1-31-19-11-18(12-20(13-19)32-2)27-24(30)15-33-25-14-23(16-6-5-7-17(26)10-16)28-21-8-3-4-9-22(21)29-25/h3-13H,14-15H2,1-2H3,(H,27,30). The molecule has 0 fully saturated rings. The van der Waals surface area contributed by atoms with E-state index in [0.29, 0.717) is 28.6 Å². The molecule has 0 radical (unpaired) electrons. The van der Waals surface area contributed by atoms with Crippen molar-refractivity contribution in [2.75, 3.05) is 25.3 Å². The molecule has 6 nitrogen and oxygen atoms in total. The molecule has 0 spiro atoms. The zero-order valence-corrected chi connectivity index (χ0v) is 19.7. The molecule has 3 aromatic rings. The van der Waals surface area contributed by atoms with E-state index in [9.17, 15) is 4.79 Å². The van der Waals surface area contributed by atoms with Crippen molar-refractivity contribution in [3.05, 3.63) is 77.3 Å². The first-order chi connectivity index (χ1) is 16.0. The molecule has 8 heteroatoms. The fourth-order valence-corrected chi connectivity index (χ4v) is 4.26. The summed E-state index contributed by atoms with van der Waals surface area (Å²) in [5.41, 5.74) is 3.95. The molecule has 33 heavy (non-hydrogen) atoms. The Kier molecular flexibility index (Phi) is 7.32. The maximum atomic E-state index is 12.7. The molecule has 1 aliphatic heterocycles. The molecule has 0 unspecified atom stereocenters. The number of para-hydroxylation sites is 2. The van der Waals surface area contributed by atoms with E-state index in [-0.39, 0.29) is 11.7 Å². The van der Waals surface area contributed by atoms with Crippen LogP contribution in [0.1, 0.15) is 12.0 Å². The van der Waals surface area contributed by atoms with Crippen LogP contribution >= 0.6 is 23.4 Å². The van der Waals surface area contributed by atoms with Gasteiger partial charge >= 0.3 is 0 Å². The molecule has 0 saturated carbocycles. The Morgan fingerprint density at radius 1 is 0.970 bits per heavy atom. The van der Waals surface area contributed by atoms with E-state index in [0.717, 1.165) is 27.7 Å². The lowest BCUT2D eigenvalue weighted by molar-refractivity contribution is -0.113. The highest BCUT2D eigenvalue weighted by Gasteiger charge is 2.17. The first kappa shape index (κ1) is 22.9. The molecule has 0 atom stereocenters. The van der Waals surface area contributed by atoms with Crippen molar-refractivity contribution < 1.29 is 14.3 Å². The van der Waals surface area contributed by atoms with E-state index < -0.39 is 0 Å². The van der Waals surface area contributed by atoms with E-state index >= 15 is 0 Å². The van der Waals surface area contributed by atoms with Crippen LogP contribution in [0.4, 0.5) is 17.1 Å². The third-order valence-corrected chi connectivity index (χ3v) is 6.07. The predicted molar refractivity (Wildman–Crippen MR) is 136 cm³/mol. The molecular weight excluding hydrogens is 458 g/mol. The number of methoxy groups -OCH3 is 2. The number of hydrogen-bond acceptors (Lipinski definition) is 6. The first-order valence-electron chi connectivity index (χ1n) is 10.2. The molecule has 1 heterocycles. The molecule has 0 bridgehead atoms. The number of hydrogen-bond donors (Lipinski definition) is 1. The predicted octanol–water partition coefficient (Wildman–Crippen LogP) is 6.28. The number of nitrogens with one attached hydrogen (secondary N) is 1. The highest BCUT2D eigenvalue weighted by molar-refractivity contribution is 8.14. The Hall–Kier alpha value is -3.29. The smallest absolute Gasteiger partial charge is 0.234 e. The second-order valence-electron chi connectivity index (χ2n) is 7.18. The molecule has 168 valence electrons. The van der Waals surface area contributed by atoms with Crippen molar-refractivity contribution in [2.45, 2.75) is 6.42 Å². The average Bonchev–Trinajstić information content (AvgIpc) is 3.02. The number of thioether (sulfide) groups is 1. The summed E-state index contributed by atoms with van der Waals surface area (Å²) in [4.78, 5) is 22.3. The van der Waals surface area contributed by atoms with Crippen molar-refractivity contribution in [2.24, 2.45) is 9.98 Å². The van der Waals surface area contributed by atoms with E-state index in [1.807, 2.05) is 48.5 Å². The summed E-state index contributed by atoms with van der Waals surface area (Å²) in [5, 5.41) is 4.34. The highest BCUT2D eigenvalue weighted by atomic mass is 35.5. The van der Waals surface area contributed by atoms with Crippen LogP contribution in [0.2, 0.25) is 5.02 Å². The monoisotopic (exact) mass is 479 g/mol. The van der Waals surface area contributed by atoms with E-state index in [2.05, 4.69) is 5.32 Å². The van der Waals surface area contributed by atoms with Gasteiger partial charge in [-0.1, -0.05) is 35.9 Å². The van der Waals surface area contributed by atoms with Crippen molar-refractivity contribution in [1.82, 2.24) is 0 Å². The number of fused-ring (bicyclic) bond motifs is 1. The molecular formula is C25H22ClN3O3S. The number of ether oxygens (including phenoxy) is 2. The van der Waals surface area contributed by atoms with Crippen molar-refractivity contribution >= 4 is 57.1 Å². The van der Waals surface area contributed by atoms with Gasteiger partial charge in [0.05, 0.1) is 42.1 Å². The zero-order valence-electron chi connectivity index (χ0n) is 18.2. The average molecular weight is 480 g/mol. The lowest BCUT2D eigenvalue weighted by Crippen LogP contribution is -2.16. The first-order valence-corrected chi connectivity index (χ1v) is 11.6. The molecule has 0 aliphatic carbocycles. The van der Waals surface area contributed by atoms with Gasteiger partial charge in [0.15, 0.2) is 0 Å². The molecule has 4 rings (SSSR count). The quantitative estimate of drug-likeness (QED) is 0.451. The molecule has 1 aliphatic rings. The lowest BCUT2D eigenvalue weighted by atomic mass is 10.1. The summed E-state index contributed by atoms with van der Waals surface area (Å²) in [6.45, 7) is 0. The molecule has 1 N–H and O–H groups in total.